The van der Waals surface area contributed by atoms with Gasteiger partial charge in [0.15, 0.2) is 0 Å². The van der Waals surface area contributed by atoms with Crippen LogP contribution in [0.1, 0.15) is 39.3 Å². The van der Waals surface area contributed by atoms with E-state index in [1.807, 2.05) is 10.9 Å². The van der Waals surface area contributed by atoms with Crippen molar-refractivity contribution in [2.45, 2.75) is 52.3 Å². The average molecular weight is 239 g/mol. The van der Waals surface area contributed by atoms with E-state index in [-0.39, 0.29) is 5.60 Å². The standard InChI is InChI=1S/C13H25N3O/c1-5-8-14-11-12-6-9-16(15-12)10-7-13(2,3)17-4/h6,9,14H,5,7-8,10-11H2,1-4H3. The molecular formula is C13H25N3O. The van der Waals surface area contributed by atoms with Crippen LogP contribution in [0.5, 0.6) is 0 Å². The highest BCUT2D eigenvalue weighted by Crippen LogP contribution is 2.13. The fraction of sp³-hybridized carbons (Fsp3) is 0.769. The molecule has 0 aliphatic rings. The summed E-state index contributed by atoms with van der Waals surface area (Å²) in [4.78, 5) is 0. The Morgan fingerprint density at radius 3 is 2.88 bits per heavy atom. The molecule has 0 amide bonds. The van der Waals surface area contributed by atoms with E-state index in [0.29, 0.717) is 0 Å². The van der Waals surface area contributed by atoms with Crippen LogP contribution in [0.25, 0.3) is 0 Å². The largest absolute Gasteiger partial charge is 0.379 e. The van der Waals surface area contributed by atoms with Crippen LogP contribution in [0.4, 0.5) is 0 Å². The van der Waals surface area contributed by atoms with E-state index >= 15 is 0 Å². The second-order valence-corrected chi connectivity index (χ2v) is 4.96. The Labute approximate surface area is 104 Å². The van der Waals surface area contributed by atoms with Crippen molar-refractivity contribution >= 4 is 0 Å². The van der Waals surface area contributed by atoms with E-state index in [1.165, 1.54) is 0 Å². The monoisotopic (exact) mass is 239 g/mol. The highest BCUT2D eigenvalue weighted by atomic mass is 16.5. The Morgan fingerprint density at radius 2 is 2.24 bits per heavy atom. The van der Waals surface area contributed by atoms with Crippen molar-refractivity contribution in [3.05, 3.63) is 18.0 Å². The molecule has 1 rings (SSSR count). The van der Waals surface area contributed by atoms with Gasteiger partial charge in [-0.1, -0.05) is 6.92 Å². The van der Waals surface area contributed by atoms with Crippen molar-refractivity contribution in [2.75, 3.05) is 13.7 Å². The van der Waals surface area contributed by atoms with Crippen molar-refractivity contribution in [3.63, 3.8) is 0 Å². The minimum atomic E-state index is -0.0768. The molecule has 0 aliphatic carbocycles. The van der Waals surface area contributed by atoms with Gasteiger partial charge in [0.05, 0.1) is 11.3 Å². The molecule has 0 fully saturated rings. The first-order valence-electron chi connectivity index (χ1n) is 6.35. The van der Waals surface area contributed by atoms with Gasteiger partial charge in [0, 0.05) is 26.4 Å². The summed E-state index contributed by atoms with van der Waals surface area (Å²) in [6.07, 6.45) is 4.16. The van der Waals surface area contributed by atoms with Crippen LogP contribution in [-0.4, -0.2) is 29.0 Å². The number of nitrogens with zero attached hydrogens (tertiary/aromatic N) is 2. The van der Waals surface area contributed by atoms with Gasteiger partial charge in [-0.15, -0.1) is 0 Å². The lowest BCUT2D eigenvalue weighted by Gasteiger charge is -2.22. The maximum absolute atomic E-state index is 5.39. The number of nitrogens with one attached hydrogen (secondary N) is 1. The Hall–Kier alpha value is -0.870. The van der Waals surface area contributed by atoms with Crippen molar-refractivity contribution < 1.29 is 4.74 Å². The smallest absolute Gasteiger partial charge is 0.0762 e. The fourth-order valence-corrected chi connectivity index (χ4v) is 1.50. The number of methoxy groups -OCH3 is 1. The Bertz CT molecular complexity index is 320. The molecule has 0 unspecified atom stereocenters. The zero-order chi connectivity index (χ0) is 12.7. The third-order valence-corrected chi connectivity index (χ3v) is 2.92. The predicted octanol–water partition coefficient (Wildman–Crippen LogP) is 2.20. The van der Waals surface area contributed by atoms with Crippen LogP contribution < -0.4 is 5.32 Å². The highest BCUT2D eigenvalue weighted by Gasteiger charge is 2.16. The zero-order valence-electron chi connectivity index (χ0n) is 11.5. The Morgan fingerprint density at radius 1 is 1.47 bits per heavy atom. The van der Waals surface area contributed by atoms with Crippen molar-refractivity contribution in [1.29, 1.82) is 0 Å². The summed E-state index contributed by atoms with van der Waals surface area (Å²) in [6.45, 7) is 9.16. The highest BCUT2D eigenvalue weighted by molar-refractivity contribution is 4.98. The molecule has 0 saturated heterocycles. The van der Waals surface area contributed by atoms with Gasteiger partial charge < -0.3 is 10.1 Å². The summed E-state index contributed by atoms with van der Waals surface area (Å²) in [7, 11) is 1.75. The second kappa shape index (κ2) is 6.77. The number of aryl methyl sites for hydroxylation is 1. The quantitative estimate of drug-likeness (QED) is 0.707. The first kappa shape index (κ1) is 14.2. The second-order valence-electron chi connectivity index (χ2n) is 4.96. The average Bonchev–Trinajstić information content (AvgIpc) is 2.75. The van der Waals surface area contributed by atoms with Gasteiger partial charge in [-0.2, -0.15) is 5.10 Å². The SMILES string of the molecule is CCCNCc1ccn(CCC(C)(C)OC)n1. The van der Waals surface area contributed by atoms with Crippen molar-refractivity contribution in [1.82, 2.24) is 15.1 Å². The van der Waals surface area contributed by atoms with E-state index in [2.05, 4.69) is 37.3 Å². The molecule has 0 aromatic carbocycles. The van der Waals surface area contributed by atoms with Gasteiger partial charge in [-0.05, 0) is 39.3 Å². The number of rotatable bonds is 8. The van der Waals surface area contributed by atoms with E-state index in [1.54, 1.807) is 7.11 Å². The Kier molecular flexibility index (Phi) is 5.65. The minimum Gasteiger partial charge on any atom is -0.379 e. The minimum absolute atomic E-state index is 0.0768. The maximum Gasteiger partial charge on any atom is 0.0762 e. The first-order valence-corrected chi connectivity index (χ1v) is 6.35. The van der Waals surface area contributed by atoms with Gasteiger partial charge in [-0.3, -0.25) is 4.68 Å². The van der Waals surface area contributed by atoms with Crippen molar-refractivity contribution in [3.8, 4) is 0 Å². The lowest BCUT2D eigenvalue weighted by atomic mass is 10.1. The predicted molar refractivity (Wildman–Crippen MR) is 69.9 cm³/mol. The van der Waals surface area contributed by atoms with E-state index < -0.39 is 0 Å². The number of hydrogen-bond acceptors (Lipinski definition) is 3. The van der Waals surface area contributed by atoms with Crippen LogP contribution >= 0.6 is 0 Å². The molecule has 1 aromatic heterocycles. The zero-order valence-corrected chi connectivity index (χ0v) is 11.5. The molecule has 0 spiro atoms. The molecule has 0 atom stereocenters. The lowest BCUT2D eigenvalue weighted by Crippen LogP contribution is -2.24. The third-order valence-electron chi connectivity index (χ3n) is 2.92. The molecule has 4 heteroatoms. The summed E-state index contributed by atoms with van der Waals surface area (Å²) in [5.74, 6) is 0. The number of hydrogen-bond donors (Lipinski definition) is 1. The molecule has 4 nitrogen and oxygen atoms in total. The first-order chi connectivity index (χ1) is 8.07. The van der Waals surface area contributed by atoms with E-state index in [9.17, 15) is 0 Å². The summed E-state index contributed by atoms with van der Waals surface area (Å²) >= 11 is 0. The molecule has 0 saturated carbocycles. The molecule has 17 heavy (non-hydrogen) atoms. The van der Waals surface area contributed by atoms with Crippen molar-refractivity contribution in [2.24, 2.45) is 0 Å². The fourth-order valence-electron chi connectivity index (χ4n) is 1.50. The molecular weight excluding hydrogens is 214 g/mol. The molecule has 1 aromatic rings. The van der Waals surface area contributed by atoms with Crippen LogP contribution in [0.2, 0.25) is 0 Å². The topological polar surface area (TPSA) is 39.1 Å². The summed E-state index contributed by atoms with van der Waals surface area (Å²) < 4.78 is 7.38. The maximum atomic E-state index is 5.39. The molecule has 0 bridgehead atoms. The molecule has 98 valence electrons. The summed E-state index contributed by atoms with van der Waals surface area (Å²) in [5, 5.41) is 7.87. The van der Waals surface area contributed by atoms with Gasteiger partial charge in [0.1, 0.15) is 0 Å². The van der Waals surface area contributed by atoms with E-state index in [4.69, 9.17) is 4.74 Å². The molecule has 0 aliphatic heterocycles. The van der Waals surface area contributed by atoms with Gasteiger partial charge in [-0.25, -0.2) is 0 Å². The number of aromatic nitrogens is 2. The summed E-state index contributed by atoms with van der Waals surface area (Å²) in [6, 6.07) is 2.07. The Balaban J connectivity index is 2.35. The molecule has 0 radical (unpaired) electrons. The molecule has 1 heterocycles. The van der Waals surface area contributed by atoms with Crippen LogP contribution in [-0.2, 0) is 17.8 Å². The number of ether oxygens (including phenoxy) is 1. The van der Waals surface area contributed by atoms with Crippen LogP contribution in [0, 0.1) is 0 Å². The normalized spacial score (nSPS) is 12.0. The van der Waals surface area contributed by atoms with Crippen LogP contribution in [0.15, 0.2) is 12.3 Å². The lowest BCUT2D eigenvalue weighted by molar-refractivity contribution is 0.0113. The third kappa shape index (κ3) is 5.33. The van der Waals surface area contributed by atoms with E-state index in [0.717, 1.165) is 38.2 Å². The van der Waals surface area contributed by atoms with Crippen LogP contribution in [0.3, 0.4) is 0 Å². The van der Waals surface area contributed by atoms with Gasteiger partial charge >= 0.3 is 0 Å². The molecule has 1 N–H and O–H groups in total. The van der Waals surface area contributed by atoms with Gasteiger partial charge in [0.2, 0.25) is 0 Å². The summed E-state index contributed by atoms with van der Waals surface area (Å²) in [5.41, 5.74) is 1.03. The van der Waals surface area contributed by atoms with Gasteiger partial charge in [0.25, 0.3) is 0 Å².